The van der Waals surface area contributed by atoms with Crippen molar-refractivity contribution in [2.75, 3.05) is 24.5 Å². The smallest absolute Gasteiger partial charge is 0.131 e. The van der Waals surface area contributed by atoms with Gasteiger partial charge in [0.05, 0.1) is 0 Å². The van der Waals surface area contributed by atoms with Gasteiger partial charge in [-0.25, -0.2) is 4.98 Å². The molecule has 100 valence electrons. The zero-order valence-electron chi connectivity index (χ0n) is 11.4. The number of rotatable bonds is 4. The molecule has 1 aromatic heterocycles. The molecule has 3 nitrogen and oxygen atoms in total. The van der Waals surface area contributed by atoms with Crippen molar-refractivity contribution >= 4 is 5.82 Å². The van der Waals surface area contributed by atoms with E-state index in [0.29, 0.717) is 6.54 Å². The fourth-order valence-corrected chi connectivity index (χ4v) is 2.85. The van der Waals surface area contributed by atoms with Crippen LogP contribution in [0.15, 0.2) is 18.3 Å². The molecular formula is C15H25N3. The Bertz CT molecular complexity index is 365. The topological polar surface area (TPSA) is 42.2 Å². The van der Waals surface area contributed by atoms with Crippen LogP contribution in [0.2, 0.25) is 0 Å². The normalized spacial score (nSPS) is 20.8. The van der Waals surface area contributed by atoms with Crippen LogP contribution >= 0.6 is 0 Å². The Labute approximate surface area is 110 Å². The molecule has 1 unspecified atom stereocenters. The van der Waals surface area contributed by atoms with Crippen LogP contribution in [0, 0.1) is 5.92 Å². The fraction of sp³-hybridized carbons (Fsp3) is 0.667. The molecule has 0 radical (unpaired) electrons. The monoisotopic (exact) mass is 247 g/mol. The van der Waals surface area contributed by atoms with E-state index in [-0.39, 0.29) is 0 Å². The highest BCUT2D eigenvalue weighted by atomic mass is 15.2. The van der Waals surface area contributed by atoms with E-state index in [4.69, 9.17) is 5.73 Å². The number of hydrogen-bond donors (Lipinski definition) is 1. The molecule has 1 atom stereocenters. The van der Waals surface area contributed by atoms with Crippen LogP contribution in [-0.4, -0.2) is 24.6 Å². The van der Waals surface area contributed by atoms with Gasteiger partial charge in [0.1, 0.15) is 5.82 Å². The Morgan fingerprint density at radius 1 is 1.39 bits per heavy atom. The van der Waals surface area contributed by atoms with Crippen LogP contribution in [0.4, 0.5) is 5.82 Å². The van der Waals surface area contributed by atoms with E-state index in [0.717, 1.165) is 25.4 Å². The lowest BCUT2D eigenvalue weighted by molar-refractivity contribution is 0.459. The van der Waals surface area contributed by atoms with Gasteiger partial charge in [-0.1, -0.05) is 19.4 Å². The molecule has 0 amide bonds. The van der Waals surface area contributed by atoms with Crippen molar-refractivity contribution in [1.29, 1.82) is 0 Å². The zero-order chi connectivity index (χ0) is 12.8. The molecule has 2 heterocycles. The quantitative estimate of drug-likeness (QED) is 0.889. The lowest BCUT2D eigenvalue weighted by Gasteiger charge is -2.24. The van der Waals surface area contributed by atoms with Gasteiger partial charge in [0.2, 0.25) is 0 Å². The van der Waals surface area contributed by atoms with E-state index in [1.54, 1.807) is 0 Å². The fourth-order valence-electron chi connectivity index (χ4n) is 2.85. The van der Waals surface area contributed by atoms with Gasteiger partial charge in [-0.15, -0.1) is 0 Å². The average molecular weight is 247 g/mol. The van der Waals surface area contributed by atoms with Crippen molar-refractivity contribution < 1.29 is 0 Å². The molecule has 2 rings (SSSR count). The van der Waals surface area contributed by atoms with Crippen LogP contribution in [-0.2, 0) is 6.42 Å². The summed E-state index contributed by atoms with van der Waals surface area (Å²) in [5.41, 5.74) is 6.99. The molecule has 18 heavy (non-hydrogen) atoms. The van der Waals surface area contributed by atoms with Gasteiger partial charge in [-0.05, 0) is 49.8 Å². The van der Waals surface area contributed by atoms with Crippen LogP contribution in [0.1, 0.15) is 38.2 Å². The lowest BCUT2D eigenvalue weighted by atomic mass is 9.98. The standard InChI is InChI=1S/C15H25N3/c1-2-13-5-4-11-18(12-8-13)15-14(7-9-16)6-3-10-17-15/h3,6,10,13H,2,4-5,7-9,11-12,16H2,1H3. The number of aromatic nitrogens is 1. The maximum absolute atomic E-state index is 5.69. The molecule has 1 aliphatic rings. The van der Waals surface area contributed by atoms with Gasteiger partial charge in [-0.2, -0.15) is 0 Å². The highest BCUT2D eigenvalue weighted by molar-refractivity contribution is 5.47. The molecule has 0 aromatic carbocycles. The van der Waals surface area contributed by atoms with Crippen LogP contribution < -0.4 is 10.6 Å². The van der Waals surface area contributed by atoms with E-state index < -0.39 is 0 Å². The summed E-state index contributed by atoms with van der Waals surface area (Å²) < 4.78 is 0. The Morgan fingerprint density at radius 3 is 3.06 bits per heavy atom. The second kappa shape index (κ2) is 6.74. The molecule has 0 spiro atoms. The van der Waals surface area contributed by atoms with E-state index in [2.05, 4.69) is 22.9 Å². The predicted octanol–water partition coefficient (Wildman–Crippen LogP) is 2.60. The third kappa shape index (κ3) is 3.22. The summed E-state index contributed by atoms with van der Waals surface area (Å²) in [7, 11) is 0. The maximum atomic E-state index is 5.69. The summed E-state index contributed by atoms with van der Waals surface area (Å²) in [6.45, 7) is 5.29. The molecule has 0 bridgehead atoms. The molecule has 1 saturated heterocycles. The first-order chi connectivity index (χ1) is 8.85. The van der Waals surface area contributed by atoms with Gasteiger partial charge >= 0.3 is 0 Å². The van der Waals surface area contributed by atoms with Crippen molar-refractivity contribution in [2.24, 2.45) is 11.7 Å². The van der Waals surface area contributed by atoms with Gasteiger partial charge in [0.15, 0.2) is 0 Å². The Morgan fingerprint density at radius 2 is 2.28 bits per heavy atom. The minimum atomic E-state index is 0.699. The SMILES string of the molecule is CCC1CCCN(c2ncccc2CCN)CC1. The molecular weight excluding hydrogens is 222 g/mol. The van der Waals surface area contributed by atoms with Gasteiger partial charge in [0.25, 0.3) is 0 Å². The maximum Gasteiger partial charge on any atom is 0.131 e. The summed E-state index contributed by atoms with van der Waals surface area (Å²) in [4.78, 5) is 7.04. The number of pyridine rings is 1. The van der Waals surface area contributed by atoms with Crippen molar-refractivity contribution in [1.82, 2.24) is 4.98 Å². The molecule has 1 aromatic rings. The van der Waals surface area contributed by atoms with Crippen molar-refractivity contribution in [3.8, 4) is 0 Å². The molecule has 3 heteroatoms. The van der Waals surface area contributed by atoms with Gasteiger partial charge in [-0.3, -0.25) is 0 Å². The molecule has 1 fully saturated rings. The Hall–Kier alpha value is -1.09. The Kier molecular flexibility index (Phi) is 5.00. The highest BCUT2D eigenvalue weighted by Crippen LogP contribution is 2.25. The summed E-state index contributed by atoms with van der Waals surface area (Å²) in [6.07, 6.45) is 8.10. The van der Waals surface area contributed by atoms with E-state index in [1.165, 1.54) is 37.1 Å². The second-order valence-electron chi connectivity index (χ2n) is 5.22. The molecule has 0 aliphatic carbocycles. The lowest BCUT2D eigenvalue weighted by Crippen LogP contribution is -2.26. The molecule has 1 aliphatic heterocycles. The number of nitrogens with two attached hydrogens (primary N) is 1. The third-order valence-corrected chi connectivity index (χ3v) is 4.01. The summed E-state index contributed by atoms with van der Waals surface area (Å²) in [5.74, 6) is 2.07. The second-order valence-corrected chi connectivity index (χ2v) is 5.22. The van der Waals surface area contributed by atoms with Gasteiger partial charge < -0.3 is 10.6 Å². The Balaban J connectivity index is 2.10. The summed E-state index contributed by atoms with van der Waals surface area (Å²) in [5, 5.41) is 0. The summed E-state index contributed by atoms with van der Waals surface area (Å²) >= 11 is 0. The highest BCUT2D eigenvalue weighted by Gasteiger charge is 2.18. The number of anilines is 1. The van der Waals surface area contributed by atoms with Crippen molar-refractivity contribution in [3.63, 3.8) is 0 Å². The molecule has 0 saturated carbocycles. The summed E-state index contributed by atoms with van der Waals surface area (Å²) in [6, 6.07) is 4.18. The van der Waals surface area contributed by atoms with Crippen LogP contribution in [0.5, 0.6) is 0 Å². The first kappa shape index (κ1) is 13.3. The average Bonchev–Trinajstić information content (AvgIpc) is 2.65. The van der Waals surface area contributed by atoms with Crippen molar-refractivity contribution in [2.45, 2.75) is 39.0 Å². The van der Waals surface area contributed by atoms with E-state index in [9.17, 15) is 0 Å². The zero-order valence-corrected chi connectivity index (χ0v) is 11.4. The number of hydrogen-bond acceptors (Lipinski definition) is 3. The predicted molar refractivity (Wildman–Crippen MR) is 76.8 cm³/mol. The first-order valence-corrected chi connectivity index (χ1v) is 7.24. The van der Waals surface area contributed by atoms with Crippen LogP contribution in [0.3, 0.4) is 0 Å². The van der Waals surface area contributed by atoms with Crippen LogP contribution in [0.25, 0.3) is 0 Å². The first-order valence-electron chi connectivity index (χ1n) is 7.24. The third-order valence-electron chi connectivity index (χ3n) is 4.01. The minimum Gasteiger partial charge on any atom is -0.356 e. The minimum absolute atomic E-state index is 0.699. The van der Waals surface area contributed by atoms with Gasteiger partial charge in [0, 0.05) is 19.3 Å². The van der Waals surface area contributed by atoms with E-state index >= 15 is 0 Å². The van der Waals surface area contributed by atoms with Crippen molar-refractivity contribution in [3.05, 3.63) is 23.9 Å². The largest absolute Gasteiger partial charge is 0.356 e. The number of nitrogens with zero attached hydrogens (tertiary/aromatic N) is 2. The molecule has 2 N–H and O–H groups in total. The van der Waals surface area contributed by atoms with E-state index in [1.807, 2.05) is 12.3 Å².